The molecule has 0 radical (unpaired) electrons. The number of rotatable bonds is 6. The summed E-state index contributed by atoms with van der Waals surface area (Å²) in [6.45, 7) is 1.91. The van der Waals surface area contributed by atoms with Gasteiger partial charge in [-0.3, -0.25) is 0 Å². The molecule has 0 aromatic heterocycles. The predicted octanol–water partition coefficient (Wildman–Crippen LogP) is 2.74. The standard InChI is InChI=1S/C13H17Cl2NO3S/c1-8-6-13(11(15)7-10(8)14)20(18,19)16-5-4-12(17)9-2-3-9/h6-7,9,12,16-17H,2-5H2,1H3. The molecule has 4 nitrogen and oxygen atoms in total. The molecular formula is C13H17Cl2NO3S. The van der Waals surface area contributed by atoms with Crippen molar-refractivity contribution >= 4 is 33.2 Å². The summed E-state index contributed by atoms with van der Waals surface area (Å²) in [5.74, 6) is 0.334. The topological polar surface area (TPSA) is 66.4 Å². The van der Waals surface area contributed by atoms with Gasteiger partial charge in [-0.2, -0.15) is 0 Å². The Kier molecular flexibility index (Phi) is 4.97. The molecule has 0 aliphatic heterocycles. The van der Waals surface area contributed by atoms with Crippen molar-refractivity contribution in [3.05, 3.63) is 27.7 Å². The summed E-state index contributed by atoms with van der Waals surface area (Å²) in [7, 11) is -3.68. The van der Waals surface area contributed by atoms with Gasteiger partial charge in [0.2, 0.25) is 10.0 Å². The molecule has 2 N–H and O–H groups in total. The maximum atomic E-state index is 12.2. The number of sulfonamides is 1. The monoisotopic (exact) mass is 337 g/mol. The molecule has 20 heavy (non-hydrogen) atoms. The van der Waals surface area contributed by atoms with Crippen molar-refractivity contribution in [2.45, 2.75) is 37.2 Å². The molecular weight excluding hydrogens is 321 g/mol. The molecule has 0 amide bonds. The van der Waals surface area contributed by atoms with Crippen LogP contribution in [0.4, 0.5) is 0 Å². The van der Waals surface area contributed by atoms with Crippen LogP contribution in [0.15, 0.2) is 17.0 Å². The molecule has 2 rings (SSSR count). The van der Waals surface area contributed by atoms with Gasteiger partial charge in [0.25, 0.3) is 0 Å². The molecule has 0 heterocycles. The lowest BCUT2D eigenvalue weighted by Gasteiger charge is -2.12. The summed E-state index contributed by atoms with van der Waals surface area (Å²) in [6, 6.07) is 2.87. The minimum Gasteiger partial charge on any atom is -0.393 e. The maximum Gasteiger partial charge on any atom is 0.242 e. The first-order valence-electron chi connectivity index (χ1n) is 6.44. The van der Waals surface area contributed by atoms with Crippen molar-refractivity contribution in [1.29, 1.82) is 0 Å². The Morgan fingerprint density at radius 1 is 1.35 bits per heavy atom. The molecule has 0 spiro atoms. The Morgan fingerprint density at radius 2 is 2.00 bits per heavy atom. The quantitative estimate of drug-likeness (QED) is 0.838. The minimum absolute atomic E-state index is 0.0157. The van der Waals surface area contributed by atoms with E-state index in [9.17, 15) is 13.5 Å². The van der Waals surface area contributed by atoms with Gasteiger partial charge >= 0.3 is 0 Å². The van der Waals surface area contributed by atoms with Crippen LogP contribution in [0.1, 0.15) is 24.8 Å². The SMILES string of the molecule is Cc1cc(S(=O)(=O)NCCC(O)C2CC2)c(Cl)cc1Cl. The lowest BCUT2D eigenvalue weighted by Crippen LogP contribution is -2.28. The zero-order chi connectivity index (χ0) is 14.9. The summed E-state index contributed by atoms with van der Waals surface area (Å²) in [6.07, 6.45) is 2.03. The Bertz CT molecular complexity index is 600. The van der Waals surface area contributed by atoms with Crippen LogP contribution in [0.5, 0.6) is 0 Å². The number of aliphatic hydroxyl groups is 1. The van der Waals surface area contributed by atoms with Crippen LogP contribution in [0.2, 0.25) is 10.0 Å². The van der Waals surface area contributed by atoms with E-state index in [4.69, 9.17) is 23.2 Å². The fraction of sp³-hybridized carbons (Fsp3) is 0.538. The predicted molar refractivity (Wildman–Crippen MR) is 79.7 cm³/mol. The second-order valence-corrected chi connectivity index (χ2v) is 7.67. The van der Waals surface area contributed by atoms with Crippen LogP contribution in [0.3, 0.4) is 0 Å². The Balaban J connectivity index is 2.04. The number of hydrogen-bond acceptors (Lipinski definition) is 3. The Hall–Kier alpha value is -0.330. The third-order valence-electron chi connectivity index (χ3n) is 3.40. The van der Waals surface area contributed by atoms with Crippen molar-refractivity contribution in [3.63, 3.8) is 0 Å². The number of aryl methyl sites for hydroxylation is 1. The average Bonchev–Trinajstić information content (AvgIpc) is 3.17. The molecule has 1 unspecified atom stereocenters. The van der Waals surface area contributed by atoms with Gasteiger partial charge in [0.1, 0.15) is 4.90 Å². The van der Waals surface area contributed by atoms with Gasteiger partial charge in [0.15, 0.2) is 0 Å². The first kappa shape index (κ1) is 16.0. The highest BCUT2D eigenvalue weighted by Crippen LogP contribution is 2.33. The number of nitrogens with one attached hydrogen (secondary N) is 1. The summed E-state index contributed by atoms with van der Waals surface area (Å²) in [5.41, 5.74) is 0.648. The highest BCUT2D eigenvalue weighted by Gasteiger charge is 2.29. The van der Waals surface area contributed by atoms with Crippen LogP contribution in [-0.4, -0.2) is 26.2 Å². The fourth-order valence-corrected chi connectivity index (χ4v) is 3.85. The van der Waals surface area contributed by atoms with Crippen molar-refractivity contribution in [2.75, 3.05) is 6.54 Å². The van der Waals surface area contributed by atoms with E-state index in [0.717, 1.165) is 12.8 Å². The van der Waals surface area contributed by atoms with Crippen LogP contribution >= 0.6 is 23.2 Å². The summed E-state index contributed by atoms with van der Waals surface area (Å²) >= 11 is 11.8. The van der Waals surface area contributed by atoms with Crippen LogP contribution in [0.25, 0.3) is 0 Å². The molecule has 0 saturated heterocycles. The van der Waals surface area contributed by atoms with Crippen molar-refractivity contribution in [1.82, 2.24) is 4.72 Å². The largest absolute Gasteiger partial charge is 0.393 e. The van der Waals surface area contributed by atoms with Gasteiger partial charge in [-0.15, -0.1) is 0 Å². The summed E-state index contributed by atoms with van der Waals surface area (Å²) in [4.78, 5) is 0.0157. The minimum atomic E-state index is -3.68. The molecule has 1 saturated carbocycles. The van der Waals surface area contributed by atoms with Gasteiger partial charge in [-0.05, 0) is 49.8 Å². The molecule has 1 aliphatic carbocycles. The van der Waals surface area contributed by atoms with E-state index < -0.39 is 16.1 Å². The van der Waals surface area contributed by atoms with E-state index in [-0.39, 0.29) is 16.5 Å². The van der Waals surface area contributed by atoms with Crippen molar-refractivity contribution in [2.24, 2.45) is 5.92 Å². The van der Waals surface area contributed by atoms with E-state index in [1.807, 2.05) is 0 Å². The second kappa shape index (κ2) is 6.20. The first-order valence-corrected chi connectivity index (χ1v) is 8.68. The molecule has 1 atom stereocenters. The van der Waals surface area contributed by atoms with Gasteiger partial charge in [0.05, 0.1) is 11.1 Å². The van der Waals surface area contributed by atoms with Gasteiger partial charge < -0.3 is 5.11 Å². The molecule has 112 valence electrons. The lowest BCUT2D eigenvalue weighted by atomic mass is 10.2. The van der Waals surface area contributed by atoms with Gasteiger partial charge in [0, 0.05) is 11.6 Å². The smallest absolute Gasteiger partial charge is 0.242 e. The van der Waals surface area contributed by atoms with E-state index in [2.05, 4.69) is 4.72 Å². The maximum absolute atomic E-state index is 12.2. The van der Waals surface area contributed by atoms with Crippen molar-refractivity contribution < 1.29 is 13.5 Å². The zero-order valence-electron chi connectivity index (χ0n) is 11.1. The number of benzene rings is 1. The van der Waals surface area contributed by atoms with Gasteiger partial charge in [-0.25, -0.2) is 13.1 Å². The van der Waals surface area contributed by atoms with Crippen LogP contribution in [-0.2, 0) is 10.0 Å². The van der Waals surface area contributed by atoms with Crippen LogP contribution < -0.4 is 4.72 Å². The fourth-order valence-electron chi connectivity index (χ4n) is 1.97. The van der Waals surface area contributed by atoms with E-state index in [1.165, 1.54) is 12.1 Å². The van der Waals surface area contributed by atoms with Crippen molar-refractivity contribution in [3.8, 4) is 0 Å². The molecule has 0 bridgehead atoms. The van der Waals surface area contributed by atoms with E-state index in [0.29, 0.717) is 22.9 Å². The van der Waals surface area contributed by atoms with Crippen LogP contribution in [0, 0.1) is 12.8 Å². The second-order valence-electron chi connectivity index (χ2n) is 5.12. The van der Waals surface area contributed by atoms with E-state index in [1.54, 1.807) is 6.92 Å². The average molecular weight is 338 g/mol. The lowest BCUT2D eigenvalue weighted by molar-refractivity contribution is 0.143. The molecule has 1 aromatic carbocycles. The third-order valence-corrected chi connectivity index (χ3v) is 5.73. The summed E-state index contributed by atoms with van der Waals surface area (Å²) in [5, 5.41) is 10.2. The Morgan fingerprint density at radius 3 is 2.60 bits per heavy atom. The number of aliphatic hydroxyl groups excluding tert-OH is 1. The third kappa shape index (κ3) is 3.86. The Labute approximate surface area is 129 Å². The molecule has 7 heteroatoms. The molecule has 1 aliphatic rings. The zero-order valence-corrected chi connectivity index (χ0v) is 13.4. The molecule has 1 aromatic rings. The van der Waals surface area contributed by atoms with E-state index >= 15 is 0 Å². The number of halogens is 2. The first-order chi connectivity index (χ1) is 9.31. The highest BCUT2D eigenvalue weighted by molar-refractivity contribution is 7.89. The number of hydrogen-bond donors (Lipinski definition) is 2. The molecule has 1 fully saturated rings. The highest BCUT2D eigenvalue weighted by atomic mass is 35.5. The normalized spacial score (nSPS) is 17.2. The summed E-state index contributed by atoms with van der Waals surface area (Å²) < 4.78 is 26.8. The van der Waals surface area contributed by atoms with Gasteiger partial charge in [-0.1, -0.05) is 23.2 Å².